The molecule has 2 N–H and O–H groups in total. The minimum Gasteiger partial charge on any atom is -0.489 e. The zero-order valence-corrected chi connectivity index (χ0v) is 7.56. The summed E-state index contributed by atoms with van der Waals surface area (Å²) in [6, 6.07) is 3.64. The minimum atomic E-state index is 0.222. The van der Waals surface area contributed by atoms with E-state index in [4.69, 9.17) is 22.1 Å². The van der Waals surface area contributed by atoms with Gasteiger partial charge in [0.05, 0.1) is 5.02 Å². The third-order valence-electron chi connectivity index (χ3n) is 1.97. The van der Waals surface area contributed by atoms with Gasteiger partial charge >= 0.3 is 0 Å². The summed E-state index contributed by atoms with van der Waals surface area (Å²) >= 11 is 5.94. The third kappa shape index (κ3) is 1.12. The summed E-state index contributed by atoms with van der Waals surface area (Å²) < 4.78 is 5.51. The molecule has 1 aromatic rings. The lowest BCUT2D eigenvalue weighted by molar-refractivity contribution is 0.255. The van der Waals surface area contributed by atoms with E-state index in [1.165, 1.54) is 0 Å². The van der Waals surface area contributed by atoms with Crippen molar-refractivity contribution in [2.24, 2.45) is 0 Å². The topological polar surface area (TPSA) is 35.2 Å². The van der Waals surface area contributed by atoms with Crippen molar-refractivity contribution >= 4 is 17.3 Å². The van der Waals surface area contributed by atoms with Gasteiger partial charge in [0.1, 0.15) is 11.9 Å². The van der Waals surface area contributed by atoms with Crippen molar-refractivity contribution in [3.05, 3.63) is 22.7 Å². The van der Waals surface area contributed by atoms with Gasteiger partial charge in [0.25, 0.3) is 0 Å². The lowest BCUT2D eigenvalue weighted by atomic mass is 10.1. The maximum absolute atomic E-state index is 5.94. The van der Waals surface area contributed by atoms with Gasteiger partial charge < -0.3 is 10.5 Å². The van der Waals surface area contributed by atoms with Gasteiger partial charge in [-0.25, -0.2) is 0 Å². The van der Waals surface area contributed by atoms with Crippen LogP contribution in [-0.4, -0.2) is 6.10 Å². The molecule has 0 bridgehead atoms. The maximum Gasteiger partial charge on any atom is 0.141 e. The highest BCUT2D eigenvalue weighted by Crippen LogP contribution is 2.37. The largest absolute Gasteiger partial charge is 0.489 e. The minimum absolute atomic E-state index is 0.222. The van der Waals surface area contributed by atoms with Crippen LogP contribution in [0.15, 0.2) is 12.1 Å². The molecule has 0 aromatic heterocycles. The summed E-state index contributed by atoms with van der Waals surface area (Å²) in [5.74, 6) is 0.804. The van der Waals surface area contributed by atoms with Crippen LogP contribution in [0.4, 0.5) is 5.69 Å². The van der Waals surface area contributed by atoms with Crippen LogP contribution in [0, 0.1) is 0 Å². The van der Waals surface area contributed by atoms with Crippen molar-refractivity contribution in [1.82, 2.24) is 0 Å². The number of fused-ring (bicyclic) bond motifs is 1. The van der Waals surface area contributed by atoms with Gasteiger partial charge in [0.2, 0.25) is 0 Å². The highest BCUT2D eigenvalue weighted by molar-refractivity contribution is 6.32. The Balaban J connectivity index is 2.52. The highest BCUT2D eigenvalue weighted by atomic mass is 35.5. The fourth-order valence-electron chi connectivity index (χ4n) is 1.51. The first-order chi connectivity index (χ1) is 5.66. The molecule has 2 nitrogen and oxygen atoms in total. The molecular weight excluding hydrogens is 174 g/mol. The predicted octanol–water partition coefficient (Wildman–Crippen LogP) is 2.25. The Kier molecular flexibility index (Phi) is 1.65. The number of halogens is 1. The molecule has 64 valence electrons. The van der Waals surface area contributed by atoms with Crippen LogP contribution in [-0.2, 0) is 6.42 Å². The van der Waals surface area contributed by atoms with Crippen LogP contribution in [0.2, 0.25) is 5.02 Å². The summed E-state index contributed by atoms with van der Waals surface area (Å²) in [7, 11) is 0. The first-order valence-corrected chi connectivity index (χ1v) is 4.29. The SMILES string of the molecule is C[C@H]1Cc2cc(N)cc(Cl)c2O1. The highest BCUT2D eigenvalue weighted by Gasteiger charge is 2.21. The van der Waals surface area contributed by atoms with E-state index >= 15 is 0 Å². The number of benzene rings is 1. The molecule has 0 unspecified atom stereocenters. The van der Waals surface area contributed by atoms with Crippen molar-refractivity contribution in [3.8, 4) is 5.75 Å². The van der Waals surface area contributed by atoms with Crippen molar-refractivity contribution in [3.63, 3.8) is 0 Å². The van der Waals surface area contributed by atoms with E-state index in [2.05, 4.69) is 0 Å². The second-order valence-electron chi connectivity index (χ2n) is 3.12. The molecule has 0 saturated carbocycles. The fraction of sp³-hybridized carbons (Fsp3) is 0.333. The molecule has 1 heterocycles. The van der Waals surface area contributed by atoms with Crippen LogP contribution in [0.3, 0.4) is 0 Å². The fourth-order valence-corrected chi connectivity index (χ4v) is 1.80. The molecule has 1 aromatic carbocycles. The van der Waals surface area contributed by atoms with Crippen LogP contribution >= 0.6 is 11.6 Å². The number of rotatable bonds is 0. The molecule has 0 saturated heterocycles. The Bertz CT molecular complexity index is 325. The number of hydrogen-bond acceptors (Lipinski definition) is 2. The first kappa shape index (κ1) is 7.74. The zero-order chi connectivity index (χ0) is 8.72. The first-order valence-electron chi connectivity index (χ1n) is 3.91. The molecule has 12 heavy (non-hydrogen) atoms. The van der Waals surface area contributed by atoms with Gasteiger partial charge in [-0.1, -0.05) is 11.6 Å². The normalized spacial score (nSPS) is 20.3. The Morgan fingerprint density at radius 2 is 2.33 bits per heavy atom. The third-order valence-corrected chi connectivity index (χ3v) is 2.25. The Morgan fingerprint density at radius 1 is 1.58 bits per heavy atom. The Morgan fingerprint density at radius 3 is 3.08 bits per heavy atom. The average molecular weight is 184 g/mol. The van der Waals surface area contributed by atoms with Crippen molar-refractivity contribution in [2.75, 3.05) is 5.73 Å². The van der Waals surface area contributed by atoms with Crippen LogP contribution in [0.5, 0.6) is 5.75 Å². The Labute approximate surface area is 76.3 Å². The molecule has 1 aliphatic heterocycles. The van der Waals surface area contributed by atoms with Gasteiger partial charge in [0, 0.05) is 17.7 Å². The van der Waals surface area contributed by atoms with Gasteiger partial charge in [0.15, 0.2) is 0 Å². The second kappa shape index (κ2) is 2.56. The van der Waals surface area contributed by atoms with E-state index in [-0.39, 0.29) is 6.10 Å². The molecule has 0 amide bonds. The number of hydrogen-bond donors (Lipinski definition) is 1. The van der Waals surface area contributed by atoms with E-state index in [1.807, 2.05) is 13.0 Å². The quantitative estimate of drug-likeness (QED) is 0.627. The van der Waals surface area contributed by atoms with E-state index in [0.717, 1.165) is 17.7 Å². The molecule has 0 radical (unpaired) electrons. The zero-order valence-electron chi connectivity index (χ0n) is 6.80. The van der Waals surface area contributed by atoms with E-state index in [1.54, 1.807) is 6.07 Å². The Hall–Kier alpha value is -0.890. The summed E-state index contributed by atoms with van der Waals surface area (Å²) in [4.78, 5) is 0. The van der Waals surface area contributed by atoms with Gasteiger partial charge in [-0.15, -0.1) is 0 Å². The molecule has 0 aliphatic carbocycles. The molecule has 2 rings (SSSR count). The standard InChI is InChI=1S/C9H10ClNO/c1-5-2-6-3-7(11)4-8(10)9(6)12-5/h3-5H,2,11H2,1H3/t5-/m0/s1. The predicted molar refractivity (Wildman–Crippen MR) is 49.7 cm³/mol. The number of nitrogens with two attached hydrogens (primary N) is 1. The number of anilines is 1. The lowest BCUT2D eigenvalue weighted by Gasteiger charge is -2.04. The van der Waals surface area contributed by atoms with Crippen LogP contribution < -0.4 is 10.5 Å². The van der Waals surface area contributed by atoms with E-state index < -0.39 is 0 Å². The van der Waals surface area contributed by atoms with Crippen molar-refractivity contribution in [1.29, 1.82) is 0 Å². The molecule has 0 fully saturated rings. The second-order valence-corrected chi connectivity index (χ2v) is 3.53. The number of ether oxygens (including phenoxy) is 1. The van der Waals surface area contributed by atoms with Crippen molar-refractivity contribution < 1.29 is 4.74 Å². The summed E-state index contributed by atoms with van der Waals surface area (Å²) in [5, 5.41) is 0.620. The monoisotopic (exact) mass is 183 g/mol. The van der Waals surface area contributed by atoms with Crippen LogP contribution in [0.1, 0.15) is 12.5 Å². The molecular formula is C9H10ClNO. The van der Waals surface area contributed by atoms with E-state index in [0.29, 0.717) is 10.7 Å². The summed E-state index contributed by atoms with van der Waals surface area (Å²) in [6.07, 6.45) is 1.12. The van der Waals surface area contributed by atoms with Gasteiger partial charge in [-0.3, -0.25) is 0 Å². The smallest absolute Gasteiger partial charge is 0.141 e. The summed E-state index contributed by atoms with van der Waals surface area (Å²) in [6.45, 7) is 2.02. The van der Waals surface area contributed by atoms with Gasteiger partial charge in [-0.2, -0.15) is 0 Å². The van der Waals surface area contributed by atoms with Crippen molar-refractivity contribution in [2.45, 2.75) is 19.4 Å². The molecule has 0 spiro atoms. The lowest BCUT2D eigenvalue weighted by Crippen LogP contribution is -2.05. The average Bonchev–Trinajstić information content (AvgIpc) is 2.29. The maximum atomic E-state index is 5.94. The number of nitrogen functional groups attached to an aromatic ring is 1. The molecule has 1 aliphatic rings. The molecule has 1 atom stereocenters. The summed E-state index contributed by atoms with van der Waals surface area (Å²) in [5.41, 5.74) is 7.46. The molecule has 3 heteroatoms. The van der Waals surface area contributed by atoms with Crippen LogP contribution in [0.25, 0.3) is 0 Å². The van der Waals surface area contributed by atoms with Gasteiger partial charge in [-0.05, 0) is 19.1 Å². The van der Waals surface area contributed by atoms with E-state index in [9.17, 15) is 0 Å².